The minimum atomic E-state index is -0.232. The topological polar surface area (TPSA) is 20.2 Å². The van der Waals surface area contributed by atoms with E-state index in [1.165, 1.54) is 18.4 Å². The Labute approximate surface area is 75.5 Å². The van der Waals surface area contributed by atoms with Crippen molar-refractivity contribution in [2.45, 2.75) is 46.6 Å². The van der Waals surface area contributed by atoms with Crippen LogP contribution in [0.2, 0.25) is 0 Å². The first-order valence-corrected chi connectivity index (χ1v) is 4.85. The van der Waals surface area contributed by atoms with E-state index in [0.717, 1.165) is 0 Å². The molecule has 3 unspecified atom stereocenters. The van der Waals surface area contributed by atoms with Crippen molar-refractivity contribution >= 4 is 0 Å². The van der Waals surface area contributed by atoms with Crippen LogP contribution in [0, 0.1) is 11.3 Å². The summed E-state index contributed by atoms with van der Waals surface area (Å²) in [6.45, 7) is 8.46. The molecule has 0 aromatic heterocycles. The molecule has 0 saturated heterocycles. The number of hydrogen-bond donors (Lipinski definition) is 1. The summed E-state index contributed by atoms with van der Waals surface area (Å²) in [5, 5.41) is 9.74. The van der Waals surface area contributed by atoms with Crippen LogP contribution in [0.25, 0.3) is 0 Å². The van der Waals surface area contributed by atoms with Crippen LogP contribution < -0.4 is 0 Å². The van der Waals surface area contributed by atoms with E-state index in [-0.39, 0.29) is 11.5 Å². The van der Waals surface area contributed by atoms with E-state index in [9.17, 15) is 5.11 Å². The summed E-state index contributed by atoms with van der Waals surface area (Å²) in [4.78, 5) is 0. The molecule has 0 amide bonds. The van der Waals surface area contributed by atoms with Gasteiger partial charge in [0.2, 0.25) is 0 Å². The molecule has 0 fully saturated rings. The Morgan fingerprint density at radius 3 is 2.58 bits per heavy atom. The Bertz CT molecular complexity index is 193. The quantitative estimate of drug-likeness (QED) is 0.597. The van der Waals surface area contributed by atoms with Gasteiger partial charge in [0.25, 0.3) is 0 Å². The summed E-state index contributed by atoms with van der Waals surface area (Å²) in [6.07, 6.45) is 4.42. The second kappa shape index (κ2) is 3.21. The molecular weight excluding hydrogens is 148 g/mol. The molecule has 0 bridgehead atoms. The van der Waals surface area contributed by atoms with Gasteiger partial charge in [-0.15, -0.1) is 0 Å². The summed E-state index contributed by atoms with van der Waals surface area (Å²) in [5.41, 5.74) is 1.37. The normalized spacial score (nSPS) is 39.1. The fourth-order valence-corrected chi connectivity index (χ4v) is 2.20. The first kappa shape index (κ1) is 9.79. The third-order valence-corrected chi connectivity index (χ3v) is 3.79. The SMILES string of the molecule is CC1=CCCC(C)C1(C)C(C)O. The summed E-state index contributed by atoms with van der Waals surface area (Å²) < 4.78 is 0. The zero-order valence-corrected chi connectivity index (χ0v) is 8.59. The van der Waals surface area contributed by atoms with Crippen LogP contribution in [0.15, 0.2) is 11.6 Å². The fraction of sp³-hybridized carbons (Fsp3) is 0.818. The lowest BCUT2D eigenvalue weighted by Gasteiger charge is -2.42. The minimum Gasteiger partial charge on any atom is -0.393 e. The van der Waals surface area contributed by atoms with Gasteiger partial charge in [0.15, 0.2) is 0 Å². The molecule has 12 heavy (non-hydrogen) atoms. The maximum atomic E-state index is 9.74. The van der Waals surface area contributed by atoms with Gasteiger partial charge in [-0.2, -0.15) is 0 Å². The van der Waals surface area contributed by atoms with E-state index >= 15 is 0 Å². The number of rotatable bonds is 1. The maximum absolute atomic E-state index is 9.74. The van der Waals surface area contributed by atoms with Crippen molar-refractivity contribution in [3.63, 3.8) is 0 Å². The van der Waals surface area contributed by atoms with Crippen molar-refractivity contribution in [1.29, 1.82) is 0 Å². The van der Waals surface area contributed by atoms with Gasteiger partial charge < -0.3 is 5.11 Å². The zero-order valence-electron chi connectivity index (χ0n) is 8.59. The minimum absolute atomic E-state index is 0.0122. The lowest BCUT2D eigenvalue weighted by atomic mass is 9.65. The molecule has 1 aliphatic rings. The Morgan fingerprint density at radius 2 is 2.25 bits per heavy atom. The summed E-state index contributed by atoms with van der Waals surface area (Å²) in [5.74, 6) is 0.600. The van der Waals surface area contributed by atoms with Crippen molar-refractivity contribution in [1.82, 2.24) is 0 Å². The van der Waals surface area contributed by atoms with Crippen LogP contribution in [0.1, 0.15) is 40.5 Å². The maximum Gasteiger partial charge on any atom is 0.0605 e. The van der Waals surface area contributed by atoms with Crippen LogP contribution in [-0.2, 0) is 0 Å². The van der Waals surface area contributed by atoms with Gasteiger partial charge in [0, 0.05) is 5.41 Å². The molecular formula is C11H20O. The summed E-state index contributed by atoms with van der Waals surface area (Å²) in [6, 6.07) is 0. The smallest absolute Gasteiger partial charge is 0.0605 e. The van der Waals surface area contributed by atoms with E-state index in [4.69, 9.17) is 0 Å². The molecule has 0 radical (unpaired) electrons. The molecule has 1 aliphatic carbocycles. The van der Waals surface area contributed by atoms with Gasteiger partial charge in [-0.3, -0.25) is 0 Å². The van der Waals surface area contributed by atoms with Crippen LogP contribution in [0.5, 0.6) is 0 Å². The zero-order chi connectivity index (χ0) is 9.35. The molecule has 1 heteroatoms. The highest BCUT2D eigenvalue weighted by atomic mass is 16.3. The van der Waals surface area contributed by atoms with Gasteiger partial charge in [-0.1, -0.05) is 25.5 Å². The molecule has 1 N–H and O–H groups in total. The van der Waals surface area contributed by atoms with Gasteiger partial charge in [0.05, 0.1) is 6.10 Å². The molecule has 3 atom stereocenters. The van der Waals surface area contributed by atoms with Crippen molar-refractivity contribution in [3.05, 3.63) is 11.6 Å². The Kier molecular flexibility index (Phi) is 2.62. The van der Waals surface area contributed by atoms with Crippen molar-refractivity contribution < 1.29 is 5.11 Å². The number of hydrogen-bond acceptors (Lipinski definition) is 1. The highest BCUT2D eigenvalue weighted by molar-refractivity contribution is 5.17. The fourth-order valence-electron chi connectivity index (χ4n) is 2.20. The molecule has 0 spiro atoms. The first-order chi connectivity index (χ1) is 5.49. The predicted octanol–water partition coefficient (Wildman–Crippen LogP) is 2.75. The highest BCUT2D eigenvalue weighted by Crippen LogP contribution is 2.44. The van der Waals surface area contributed by atoms with E-state index in [1.54, 1.807) is 0 Å². The average molecular weight is 168 g/mol. The monoisotopic (exact) mass is 168 g/mol. The largest absolute Gasteiger partial charge is 0.393 e. The van der Waals surface area contributed by atoms with Crippen molar-refractivity contribution in [2.75, 3.05) is 0 Å². The molecule has 0 heterocycles. The lowest BCUT2D eigenvalue weighted by Crippen LogP contribution is -2.39. The van der Waals surface area contributed by atoms with Crippen LogP contribution >= 0.6 is 0 Å². The standard InChI is InChI=1S/C11H20O/c1-8-6-5-7-9(2)11(8,4)10(3)12/h6,9-10,12H,5,7H2,1-4H3. The predicted molar refractivity (Wildman–Crippen MR) is 51.9 cm³/mol. The van der Waals surface area contributed by atoms with Crippen molar-refractivity contribution in [2.24, 2.45) is 11.3 Å². The molecule has 70 valence electrons. The number of aliphatic hydroxyl groups excluding tert-OH is 1. The highest BCUT2D eigenvalue weighted by Gasteiger charge is 2.38. The number of allylic oxidation sites excluding steroid dienone is 1. The van der Waals surface area contributed by atoms with Crippen LogP contribution in [0.4, 0.5) is 0 Å². The van der Waals surface area contributed by atoms with Crippen LogP contribution in [0.3, 0.4) is 0 Å². The Morgan fingerprint density at radius 1 is 1.67 bits per heavy atom. The lowest BCUT2D eigenvalue weighted by molar-refractivity contribution is 0.0320. The molecule has 0 saturated carbocycles. The van der Waals surface area contributed by atoms with E-state index in [2.05, 4.69) is 26.8 Å². The molecule has 0 aliphatic heterocycles. The average Bonchev–Trinajstić information content (AvgIpc) is 1.99. The van der Waals surface area contributed by atoms with Crippen LogP contribution in [-0.4, -0.2) is 11.2 Å². The molecule has 0 aromatic carbocycles. The Hall–Kier alpha value is -0.300. The summed E-state index contributed by atoms with van der Waals surface area (Å²) in [7, 11) is 0. The third-order valence-electron chi connectivity index (χ3n) is 3.79. The van der Waals surface area contributed by atoms with Crippen molar-refractivity contribution in [3.8, 4) is 0 Å². The van der Waals surface area contributed by atoms with Gasteiger partial charge >= 0.3 is 0 Å². The van der Waals surface area contributed by atoms with E-state index in [1.807, 2.05) is 6.92 Å². The van der Waals surface area contributed by atoms with E-state index < -0.39 is 0 Å². The second-order valence-electron chi connectivity index (χ2n) is 4.32. The molecule has 0 aromatic rings. The van der Waals surface area contributed by atoms with Gasteiger partial charge in [-0.05, 0) is 32.6 Å². The Balaban J connectivity index is 2.96. The molecule has 1 rings (SSSR count). The summed E-state index contributed by atoms with van der Waals surface area (Å²) >= 11 is 0. The van der Waals surface area contributed by atoms with Gasteiger partial charge in [0.1, 0.15) is 0 Å². The molecule has 1 nitrogen and oxygen atoms in total. The van der Waals surface area contributed by atoms with Gasteiger partial charge in [-0.25, -0.2) is 0 Å². The van der Waals surface area contributed by atoms with E-state index in [0.29, 0.717) is 5.92 Å². The first-order valence-electron chi connectivity index (χ1n) is 4.85. The third kappa shape index (κ3) is 1.31. The second-order valence-corrected chi connectivity index (χ2v) is 4.32. The number of aliphatic hydroxyl groups is 1.